The van der Waals surface area contributed by atoms with E-state index in [1.54, 1.807) is 6.08 Å². The summed E-state index contributed by atoms with van der Waals surface area (Å²) in [6.45, 7) is 4.19. The number of rotatable bonds is 52. The van der Waals surface area contributed by atoms with Crippen molar-refractivity contribution >= 4 is 5.91 Å². The summed E-state index contributed by atoms with van der Waals surface area (Å²) in [6, 6.07) is -0.822. The molecule has 0 saturated heterocycles. The molecule has 3 atom stereocenters. The molecule has 0 aromatic carbocycles. The fourth-order valence-electron chi connectivity index (χ4n) is 8.68. The third-order valence-electron chi connectivity index (χ3n) is 13.1. The average Bonchev–Trinajstić information content (AvgIpc) is 3.30. The van der Waals surface area contributed by atoms with Crippen molar-refractivity contribution in [2.24, 2.45) is 0 Å². The van der Waals surface area contributed by atoms with Gasteiger partial charge in [0.2, 0.25) is 5.91 Å². The molecular formula is C59H111NO4. The number of carbonyl (C=O) groups excluding carboxylic acids is 1. The molecule has 0 saturated carbocycles. The number of nitrogens with one attached hydrogen (secondary N) is 1. The maximum atomic E-state index is 12.5. The van der Waals surface area contributed by atoms with Gasteiger partial charge in [0, 0.05) is 0 Å². The van der Waals surface area contributed by atoms with Crippen LogP contribution in [-0.2, 0) is 4.79 Å². The van der Waals surface area contributed by atoms with Crippen molar-refractivity contribution in [3.8, 4) is 0 Å². The van der Waals surface area contributed by atoms with Gasteiger partial charge in [-0.15, -0.1) is 0 Å². The molecule has 376 valence electrons. The Hall–Kier alpha value is -1.69. The van der Waals surface area contributed by atoms with Crippen LogP contribution in [0.15, 0.2) is 48.6 Å². The topological polar surface area (TPSA) is 89.8 Å². The van der Waals surface area contributed by atoms with Crippen molar-refractivity contribution in [3.63, 3.8) is 0 Å². The molecule has 0 aliphatic rings. The lowest BCUT2D eigenvalue weighted by Crippen LogP contribution is -2.48. The number of aliphatic hydroxyl groups is 3. The van der Waals surface area contributed by atoms with Crippen LogP contribution >= 0.6 is 0 Å². The largest absolute Gasteiger partial charge is 0.394 e. The Labute approximate surface area is 399 Å². The van der Waals surface area contributed by atoms with Crippen molar-refractivity contribution in [2.45, 2.75) is 315 Å². The molecule has 0 spiro atoms. The molecule has 0 fully saturated rings. The van der Waals surface area contributed by atoms with Crippen LogP contribution < -0.4 is 5.32 Å². The van der Waals surface area contributed by atoms with E-state index < -0.39 is 24.2 Å². The Morgan fingerprint density at radius 2 is 0.641 bits per heavy atom. The van der Waals surface area contributed by atoms with Crippen molar-refractivity contribution < 1.29 is 20.1 Å². The van der Waals surface area contributed by atoms with Crippen LogP contribution in [0.1, 0.15) is 296 Å². The zero-order chi connectivity index (χ0) is 46.5. The molecule has 0 aliphatic heterocycles. The smallest absolute Gasteiger partial charge is 0.249 e. The van der Waals surface area contributed by atoms with E-state index in [1.165, 1.54) is 231 Å². The minimum Gasteiger partial charge on any atom is -0.394 e. The van der Waals surface area contributed by atoms with Crippen LogP contribution in [0.2, 0.25) is 0 Å². The van der Waals surface area contributed by atoms with E-state index >= 15 is 0 Å². The molecule has 64 heavy (non-hydrogen) atoms. The molecule has 5 heteroatoms. The van der Waals surface area contributed by atoms with Gasteiger partial charge in [0.05, 0.1) is 18.8 Å². The Kier molecular flexibility index (Phi) is 52.5. The second-order valence-corrected chi connectivity index (χ2v) is 19.5. The highest BCUT2D eigenvalue weighted by atomic mass is 16.3. The van der Waals surface area contributed by atoms with E-state index in [-0.39, 0.29) is 6.61 Å². The Morgan fingerprint density at radius 3 is 0.953 bits per heavy atom. The normalized spacial score (nSPS) is 13.6. The fourth-order valence-corrected chi connectivity index (χ4v) is 8.68. The van der Waals surface area contributed by atoms with Crippen LogP contribution in [-0.4, -0.2) is 46.1 Å². The summed E-state index contributed by atoms with van der Waals surface area (Å²) in [5, 5.41) is 33.3. The molecule has 0 aromatic heterocycles. The predicted octanol–water partition coefficient (Wildman–Crippen LogP) is 17.6. The highest BCUT2D eigenvalue weighted by molar-refractivity contribution is 5.80. The van der Waals surface area contributed by atoms with Crippen molar-refractivity contribution in [3.05, 3.63) is 48.6 Å². The summed E-state index contributed by atoms with van der Waals surface area (Å²) < 4.78 is 0. The van der Waals surface area contributed by atoms with E-state index in [0.29, 0.717) is 6.42 Å². The molecule has 0 rings (SSSR count). The van der Waals surface area contributed by atoms with Crippen LogP contribution in [0.5, 0.6) is 0 Å². The number of unbranched alkanes of at least 4 members (excludes halogenated alkanes) is 38. The van der Waals surface area contributed by atoms with Crippen LogP contribution in [0, 0.1) is 0 Å². The maximum Gasteiger partial charge on any atom is 0.249 e. The molecule has 0 aliphatic carbocycles. The first-order valence-corrected chi connectivity index (χ1v) is 28.5. The van der Waals surface area contributed by atoms with Crippen molar-refractivity contribution in [1.29, 1.82) is 0 Å². The van der Waals surface area contributed by atoms with Gasteiger partial charge in [0.15, 0.2) is 0 Å². The highest BCUT2D eigenvalue weighted by Crippen LogP contribution is 2.17. The lowest BCUT2D eigenvalue weighted by molar-refractivity contribution is -0.131. The summed E-state index contributed by atoms with van der Waals surface area (Å²) in [6.07, 6.45) is 72.0. The van der Waals surface area contributed by atoms with Gasteiger partial charge in [-0.3, -0.25) is 4.79 Å². The molecule has 0 radical (unpaired) electrons. The second-order valence-electron chi connectivity index (χ2n) is 19.5. The molecule has 1 amide bonds. The lowest BCUT2D eigenvalue weighted by atomic mass is 10.0. The van der Waals surface area contributed by atoms with Gasteiger partial charge >= 0.3 is 0 Å². The van der Waals surface area contributed by atoms with Crippen LogP contribution in [0.25, 0.3) is 0 Å². The molecule has 0 bridgehead atoms. The predicted molar refractivity (Wildman–Crippen MR) is 282 cm³/mol. The molecule has 5 nitrogen and oxygen atoms in total. The van der Waals surface area contributed by atoms with E-state index in [1.807, 2.05) is 6.08 Å². The third-order valence-corrected chi connectivity index (χ3v) is 13.1. The SMILES string of the molecule is CCCCCCCCCC/C=C/CC/C=C/CC/C=C/C(O)C(CO)NC(=O)C(O)CCCCCCCCCCCCCCCCCC/C=C\CCCCCCCCCCCCCC. The number of allylic oxidation sites excluding steroid dienone is 7. The molecule has 0 aromatic rings. The summed E-state index contributed by atoms with van der Waals surface area (Å²) in [4.78, 5) is 12.5. The first-order valence-electron chi connectivity index (χ1n) is 28.5. The third kappa shape index (κ3) is 48.2. The number of hydrogen-bond acceptors (Lipinski definition) is 4. The Bertz CT molecular complexity index is 1040. The van der Waals surface area contributed by atoms with E-state index in [0.717, 1.165) is 44.9 Å². The number of amides is 1. The standard InChI is InChI=1S/C59H111NO4/c1-3-5-7-9-11-13-15-17-19-21-23-24-25-26-27-28-29-30-31-32-33-34-35-36-38-40-42-44-46-48-50-52-54-58(63)59(64)60-56(55-61)57(62)53-51-49-47-45-43-41-39-37-22-20-18-16-14-12-10-8-6-4-2/h22,26-27,37,43,45,51,53,56-58,61-63H,3-21,23-25,28-36,38-42,44,46-50,52,54-55H2,1-2H3,(H,60,64)/b27-26-,37-22+,45-43+,53-51+. The number of hydrogen-bond donors (Lipinski definition) is 4. The van der Waals surface area contributed by atoms with Gasteiger partial charge < -0.3 is 20.6 Å². The van der Waals surface area contributed by atoms with Gasteiger partial charge in [-0.25, -0.2) is 0 Å². The average molecular weight is 899 g/mol. The zero-order valence-electron chi connectivity index (χ0n) is 42.9. The van der Waals surface area contributed by atoms with Gasteiger partial charge in [-0.05, 0) is 70.6 Å². The minimum absolute atomic E-state index is 0.381. The number of carbonyl (C=O) groups is 1. The van der Waals surface area contributed by atoms with Gasteiger partial charge in [-0.2, -0.15) is 0 Å². The lowest BCUT2D eigenvalue weighted by Gasteiger charge is -2.21. The Balaban J connectivity index is 3.57. The first kappa shape index (κ1) is 62.3. The summed E-state index contributed by atoms with van der Waals surface area (Å²) >= 11 is 0. The summed E-state index contributed by atoms with van der Waals surface area (Å²) in [5.41, 5.74) is 0. The Morgan fingerprint density at radius 1 is 0.375 bits per heavy atom. The molecule has 3 unspecified atom stereocenters. The molecule has 0 heterocycles. The molecule has 4 N–H and O–H groups in total. The van der Waals surface area contributed by atoms with Crippen molar-refractivity contribution in [2.75, 3.05) is 6.61 Å². The second kappa shape index (κ2) is 53.9. The number of aliphatic hydroxyl groups excluding tert-OH is 3. The van der Waals surface area contributed by atoms with E-state index in [4.69, 9.17) is 0 Å². The fraction of sp³-hybridized carbons (Fsp3) is 0.847. The van der Waals surface area contributed by atoms with Crippen molar-refractivity contribution in [1.82, 2.24) is 5.32 Å². The first-order chi connectivity index (χ1) is 31.6. The van der Waals surface area contributed by atoms with E-state index in [2.05, 4.69) is 55.6 Å². The summed E-state index contributed by atoms with van der Waals surface area (Å²) in [5.74, 6) is -0.514. The summed E-state index contributed by atoms with van der Waals surface area (Å²) in [7, 11) is 0. The van der Waals surface area contributed by atoms with Gasteiger partial charge in [0.1, 0.15) is 6.10 Å². The van der Waals surface area contributed by atoms with Gasteiger partial charge in [-0.1, -0.05) is 274 Å². The quantitative estimate of drug-likeness (QED) is 0.0362. The maximum absolute atomic E-state index is 12.5. The van der Waals surface area contributed by atoms with Crippen LogP contribution in [0.3, 0.4) is 0 Å². The zero-order valence-corrected chi connectivity index (χ0v) is 42.9. The van der Waals surface area contributed by atoms with E-state index in [9.17, 15) is 20.1 Å². The van der Waals surface area contributed by atoms with Crippen LogP contribution in [0.4, 0.5) is 0 Å². The highest BCUT2D eigenvalue weighted by Gasteiger charge is 2.22. The monoisotopic (exact) mass is 898 g/mol. The van der Waals surface area contributed by atoms with Gasteiger partial charge in [0.25, 0.3) is 0 Å². The minimum atomic E-state index is -1.11. The molecular weight excluding hydrogens is 787 g/mol.